The highest BCUT2D eigenvalue weighted by atomic mass is 32.2. The number of hydrogen-bond donors (Lipinski definition) is 0. The van der Waals surface area contributed by atoms with Crippen LogP contribution >= 0.6 is 0 Å². The highest BCUT2D eigenvalue weighted by molar-refractivity contribution is 7.90. The van der Waals surface area contributed by atoms with Crippen LogP contribution in [-0.2, 0) is 14.8 Å². The number of sulfonamides is 1. The summed E-state index contributed by atoms with van der Waals surface area (Å²) in [6, 6.07) is 8.91. The van der Waals surface area contributed by atoms with Crippen LogP contribution in [0.2, 0.25) is 0 Å². The largest absolute Gasteiger partial charge is 0.458 e. The minimum absolute atomic E-state index is 0.0129. The zero-order valence-corrected chi connectivity index (χ0v) is 12.1. The molecule has 0 aliphatic carbocycles. The highest BCUT2D eigenvalue weighted by Crippen LogP contribution is 2.29. The van der Waals surface area contributed by atoms with E-state index in [2.05, 4.69) is 0 Å². The van der Waals surface area contributed by atoms with Gasteiger partial charge in [-0.15, -0.1) is 0 Å². The van der Waals surface area contributed by atoms with Crippen molar-refractivity contribution in [2.75, 3.05) is 13.2 Å². The molecule has 0 fully saturated rings. The van der Waals surface area contributed by atoms with E-state index >= 15 is 0 Å². The van der Waals surface area contributed by atoms with Crippen molar-refractivity contribution in [2.24, 2.45) is 0 Å². The Morgan fingerprint density at radius 3 is 2.64 bits per heavy atom. The molecular formula is C14H11NO6S. The first-order chi connectivity index (χ1) is 10.5. The number of fused-ring (bicyclic) bond motifs is 1. The van der Waals surface area contributed by atoms with E-state index in [9.17, 15) is 18.0 Å². The third kappa shape index (κ3) is 2.27. The SMILES string of the molecule is O=C(OCCN1C(=O)c2ccccc2S1(=O)=O)c1ccco1. The molecule has 22 heavy (non-hydrogen) atoms. The summed E-state index contributed by atoms with van der Waals surface area (Å²) in [5.41, 5.74) is 0.125. The number of benzene rings is 1. The number of carbonyl (C=O) groups excluding carboxylic acids is 2. The fourth-order valence-electron chi connectivity index (χ4n) is 2.14. The van der Waals surface area contributed by atoms with Crippen LogP contribution in [0, 0.1) is 0 Å². The molecular weight excluding hydrogens is 310 g/mol. The molecule has 114 valence electrons. The lowest BCUT2D eigenvalue weighted by Gasteiger charge is -2.14. The zero-order chi connectivity index (χ0) is 15.7. The van der Waals surface area contributed by atoms with Crippen molar-refractivity contribution in [2.45, 2.75) is 4.90 Å². The smallest absolute Gasteiger partial charge is 0.374 e. The number of amides is 1. The second-order valence-corrected chi connectivity index (χ2v) is 6.32. The van der Waals surface area contributed by atoms with Crippen LogP contribution in [0.25, 0.3) is 0 Å². The Balaban J connectivity index is 1.69. The van der Waals surface area contributed by atoms with Gasteiger partial charge in [0, 0.05) is 0 Å². The Kier molecular flexibility index (Phi) is 3.45. The number of hydrogen-bond acceptors (Lipinski definition) is 6. The van der Waals surface area contributed by atoms with Gasteiger partial charge in [-0.1, -0.05) is 12.1 Å². The fourth-order valence-corrected chi connectivity index (χ4v) is 3.69. The van der Waals surface area contributed by atoms with E-state index < -0.39 is 21.9 Å². The van der Waals surface area contributed by atoms with Crippen LogP contribution < -0.4 is 0 Å². The molecule has 0 saturated heterocycles. The quantitative estimate of drug-likeness (QED) is 0.787. The molecule has 0 radical (unpaired) electrons. The standard InChI is InChI=1S/C14H11NO6S/c16-13-10-4-1-2-6-12(10)22(18,19)15(13)7-9-21-14(17)11-5-3-8-20-11/h1-6,8H,7,9H2. The Morgan fingerprint density at radius 1 is 1.18 bits per heavy atom. The maximum absolute atomic E-state index is 12.2. The topological polar surface area (TPSA) is 93.9 Å². The number of furan rings is 1. The molecule has 2 aromatic rings. The summed E-state index contributed by atoms with van der Waals surface area (Å²) in [6.45, 7) is -0.499. The summed E-state index contributed by atoms with van der Waals surface area (Å²) in [7, 11) is -3.88. The van der Waals surface area contributed by atoms with Gasteiger partial charge in [0.1, 0.15) is 11.5 Å². The summed E-state index contributed by atoms with van der Waals surface area (Å²) < 4.78 is 34.9. The molecule has 3 rings (SSSR count). The van der Waals surface area contributed by atoms with Crippen molar-refractivity contribution >= 4 is 21.9 Å². The van der Waals surface area contributed by atoms with Gasteiger partial charge in [0.05, 0.1) is 18.4 Å². The van der Waals surface area contributed by atoms with Gasteiger partial charge in [-0.05, 0) is 24.3 Å². The molecule has 7 nitrogen and oxygen atoms in total. The average Bonchev–Trinajstić information content (AvgIpc) is 3.10. The first-order valence-electron chi connectivity index (χ1n) is 6.38. The first-order valence-corrected chi connectivity index (χ1v) is 7.82. The van der Waals surface area contributed by atoms with Crippen LogP contribution in [0.5, 0.6) is 0 Å². The van der Waals surface area contributed by atoms with E-state index in [1.54, 1.807) is 12.1 Å². The van der Waals surface area contributed by atoms with Gasteiger partial charge < -0.3 is 9.15 Å². The average molecular weight is 321 g/mol. The lowest BCUT2D eigenvalue weighted by atomic mass is 10.2. The van der Waals surface area contributed by atoms with Gasteiger partial charge in [-0.25, -0.2) is 17.5 Å². The number of rotatable bonds is 4. The normalized spacial score (nSPS) is 15.6. The van der Waals surface area contributed by atoms with Gasteiger partial charge in [-0.2, -0.15) is 0 Å². The molecule has 1 amide bonds. The minimum atomic E-state index is -3.88. The van der Waals surface area contributed by atoms with Crippen LogP contribution in [0.15, 0.2) is 52.0 Å². The second kappa shape index (κ2) is 5.30. The monoisotopic (exact) mass is 321 g/mol. The number of nitrogens with zero attached hydrogens (tertiary/aromatic N) is 1. The predicted octanol–water partition coefficient (Wildman–Crippen LogP) is 1.28. The van der Waals surface area contributed by atoms with Crippen molar-refractivity contribution in [3.8, 4) is 0 Å². The molecule has 0 spiro atoms. The second-order valence-electron chi connectivity index (χ2n) is 4.49. The van der Waals surface area contributed by atoms with Gasteiger partial charge >= 0.3 is 5.97 Å². The molecule has 1 aromatic heterocycles. The number of carbonyl (C=O) groups is 2. The van der Waals surface area contributed by atoms with Gasteiger partial charge in [0.25, 0.3) is 15.9 Å². The zero-order valence-electron chi connectivity index (χ0n) is 11.3. The Bertz CT molecular complexity index is 825. The molecule has 1 aromatic carbocycles. The van der Waals surface area contributed by atoms with E-state index in [4.69, 9.17) is 9.15 Å². The maximum atomic E-state index is 12.2. The van der Waals surface area contributed by atoms with Crippen molar-refractivity contribution in [3.63, 3.8) is 0 Å². The fraction of sp³-hybridized carbons (Fsp3) is 0.143. The van der Waals surface area contributed by atoms with Crippen LogP contribution in [-0.4, -0.2) is 37.8 Å². The summed E-state index contributed by atoms with van der Waals surface area (Å²) >= 11 is 0. The predicted molar refractivity (Wildman–Crippen MR) is 73.7 cm³/mol. The number of esters is 1. The van der Waals surface area contributed by atoms with Gasteiger partial charge in [0.15, 0.2) is 0 Å². The maximum Gasteiger partial charge on any atom is 0.374 e. The lowest BCUT2D eigenvalue weighted by Crippen LogP contribution is -2.33. The molecule has 0 N–H and O–H groups in total. The highest BCUT2D eigenvalue weighted by Gasteiger charge is 2.40. The van der Waals surface area contributed by atoms with E-state index in [0.717, 1.165) is 0 Å². The molecule has 0 bridgehead atoms. The summed E-state index contributed by atoms with van der Waals surface area (Å²) in [4.78, 5) is 23.6. The molecule has 8 heteroatoms. The van der Waals surface area contributed by atoms with Crippen LogP contribution in [0.3, 0.4) is 0 Å². The third-order valence-corrected chi connectivity index (χ3v) is 5.00. The van der Waals surface area contributed by atoms with Gasteiger partial charge in [-0.3, -0.25) is 4.79 Å². The van der Waals surface area contributed by atoms with E-state index in [0.29, 0.717) is 4.31 Å². The van der Waals surface area contributed by atoms with E-state index in [-0.39, 0.29) is 29.4 Å². The van der Waals surface area contributed by atoms with Gasteiger partial charge in [0.2, 0.25) is 5.76 Å². The molecule has 0 saturated carbocycles. The molecule has 0 unspecified atom stereocenters. The Hall–Kier alpha value is -2.61. The Labute approximate surface area is 126 Å². The number of ether oxygens (including phenoxy) is 1. The molecule has 1 aliphatic heterocycles. The van der Waals surface area contributed by atoms with Crippen molar-refractivity contribution < 1.29 is 27.2 Å². The first kappa shape index (κ1) is 14.3. The molecule has 1 aliphatic rings. The third-order valence-electron chi connectivity index (χ3n) is 3.16. The molecule has 2 heterocycles. The summed E-state index contributed by atoms with van der Waals surface area (Å²) in [5, 5.41) is 0. The van der Waals surface area contributed by atoms with Crippen molar-refractivity contribution in [1.29, 1.82) is 0 Å². The van der Waals surface area contributed by atoms with Crippen molar-refractivity contribution in [3.05, 3.63) is 54.0 Å². The minimum Gasteiger partial charge on any atom is -0.458 e. The van der Waals surface area contributed by atoms with Crippen LogP contribution in [0.4, 0.5) is 0 Å². The summed E-state index contributed by atoms with van der Waals surface area (Å²) in [5.74, 6) is -1.32. The Morgan fingerprint density at radius 2 is 1.95 bits per heavy atom. The van der Waals surface area contributed by atoms with E-state index in [1.165, 1.54) is 30.5 Å². The summed E-state index contributed by atoms with van der Waals surface area (Å²) in [6.07, 6.45) is 1.32. The lowest BCUT2D eigenvalue weighted by molar-refractivity contribution is 0.0444. The van der Waals surface area contributed by atoms with E-state index in [1.807, 2.05) is 0 Å². The van der Waals surface area contributed by atoms with Crippen LogP contribution in [0.1, 0.15) is 20.9 Å². The molecule has 0 atom stereocenters. The van der Waals surface area contributed by atoms with Crippen molar-refractivity contribution in [1.82, 2.24) is 4.31 Å².